The highest BCUT2D eigenvalue weighted by molar-refractivity contribution is 9.10. The average molecular weight is 329 g/mol. The third-order valence-electron chi connectivity index (χ3n) is 2.94. The van der Waals surface area contributed by atoms with Crippen molar-refractivity contribution >= 4 is 33.1 Å². The van der Waals surface area contributed by atoms with Crippen molar-refractivity contribution < 1.29 is 9.59 Å². The van der Waals surface area contributed by atoms with Crippen molar-refractivity contribution in [1.82, 2.24) is 9.38 Å². The minimum atomic E-state index is -0.568. The molecule has 0 aliphatic heterocycles. The number of hydrogen-bond donors (Lipinski definition) is 0. The monoisotopic (exact) mass is 328 g/mol. The van der Waals surface area contributed by atoms with Crippen molar-refractivity contribution in [3.05, 3.63) is 70.6 Å². The van der Waals surface area contributed by atoms with Crippen LogP contribution in [-0.4, -0.2) is 21.0 Å². The third kappa shape index (κ3) is 2.16. The quantitative estimate of drug-likeness (QED) is 0.548. The summed E-state index contributed by atoms with van der Waals surface area (Å²) >= 11 is 3.29. The Morgan fingerprint density at radius 1 is 1.05 bits per heavy atom. The van der Waals surface area contributed by atoms with Crippen molar-refractivity contribution in [2.75, 3.05) is 0 Å². The molecule has 0 unspecified atom stereocenters. The van der Waals surface area contributed by atoms with Gasteiger partial charge in [0, 0.05) is 16.2 Å². The molecule has 2 aromatic heterocycles. The summed E-state index contributed by atoms with van der Waals surface area (Å²) in [5.41, 5.74) is 1.26. The number of nitrogens with zero attached hydrogens (tertiary/aromatic N) is 2. The van der Waals surface area contributed by atoms with E-state index in [0.717, 1.165) is 4.47 Å². The van der Waals surface area contributed by atoms with Gasteiger partial charge in [-0.3, -0.25) is 14.0 Å². The van der Waals surface area contributed by atoms with E-state index in [2.05, 4.69) is 20.9 Å². The summed E-state index contributed by atoms with van der Waals surface area (Å²) in [6.45, 7) is 0. The Morgan fingerprint density at radius 3 is 2.70 bits per heavy atom. The summed E-state index contributed by atoms with van der Waals surface area (Å²) in [6, 6.07) is 12.2. The predicted octanol–water partition coefficient (Wildman–Crippen LogP) is 3.16. The summed E-state index contributed by atoms with van der Waals surface area (Å²) in [4.78, 5) is 28.6. The molecule has 5 heteroatoms. The van der Waals surface area contributed by atoms with Crippen LogP contribution in [0.25, 0.3) is 5.65 Å². The minimum Gasteiger partial charge on any atom is -0.297 e. The van der Waals surface area contributed by atoms with Gasteiger partial charge in [-0.2, -0.15) is 0 Å². The minimum absolute atomic E-state index is 0.269. The van der Waals surface area contributed by atoms with E-state index >= 15 is 0 Å². The van der Waals surface area contributed by atoms with Crippen LogP contribution in [0.1, 0.15) is 20.8 Å². The Labute approximate surface area is 123 Å². The molecule has 1 aromatic carbocycles. The van der Waals surface area contributed by atoms with Gasteiger partial charge in [0.05, 0.1) is 6.20 Å². The molecule has 0 bridgehead atoms. The van der Waals surface area contributed by atoms with Crippen LogP contribution in [0.4, 0.5) is 0 Å². The number of imidazole rings is 1. The van der Waals surface area contributed by atoms with Crippen molar-refractivity contribution in [3.8, 4) is 0 Å². The number of hydrogen-bond acceptors (Lipinski definition) is 3. The molecule has 0 fully saturated rings. The molecular formula is C15H9BrN2O2. The van der Waals surface area contributed by atoms with Crippen molar-refractivity contribution in [1.29, 1.82) is 0 Å². The lowest BCUT2D eigenvalue weighted by Crippen LogP contribution is -2.16. The molecule has 98 valence electrons. The normalized spacial score (nSPS) is 10.7. The zero-order valence-electron chi connectivity index (χ0n) is 10.3. The van der Waals surface area contributed by atoms with Crippen molar-refractivity contribution in [2.45, 2.75) is 0 Å². The van der Waals surface area contributed by atoms with E-state index in [4.69, 9.17) is 0 Å². The Bertz CT molecular complexity index is 823. The van der Waals surface area contributed by atoms with Gasteiger partial charge in [0.1, 0.15) is 11.3 Å². The van der Waals surface area contributed by atoms with Crippen LogP contribution < -0.4 is 0 Å². The fourth-order valence-corrected chi connectivity index (χ4v) is 2.38. The van der Waals surface area contributed by atoms with E-state index in [-0.39, 0.29) is 5.69 Å². The lowest BCUT2D eigenvalue weighted by Gasteiger charge is -2.01. The molecule has 0 radical (unpaired) electrons. The Hall–Kier alpha value is -2.27. The number of fused-ring (bicyclic) bond motifs is 1. The molecule has 0 atom stereocenters. The number of rotatable bonds is 3. The average Bonchev–Trinajstić information content (AvgIpc) is 2.89. The van der Waals surface area contributed by atoms with Gasteiger partial charge in [-0.25, -0.2) is 4.98 Å². The first-order valence-electron chi connectivity index (χ1n) is 5.93. The van der Waals surface area contributed by atoms with Crippen LogP contribution in [0.3, 0.4) is 0 Å². The first kappa shape index (κ1) is 12.7. The fourth-order valence-electron chi connectivity index (χ4n) is 1.98. The van der Waals surface area contributed by atoms with E-state index in [1.54, 1.807) is 47.0 Å². The highest BCUT2D eigenvalue weighted by Gasteiger charge is 2.21. The molecule has 0 amide bonds. The molecular weight excluding hydrogens is 320 g/mol. The molecule has 3 aromatic rings. The maximum atomic E-state index is 12.3. The molecule has 2 heterocycles. The van der Waals surface area contributed by atoms with Gasteiger partial charge in [-0.15, -0.1) is 0 Å². The molecule has 20 heavy (non-hydrogen) atoms. The molecule has 0 aliphatic carbocycles. The topological polar surface area (TPSA) is 51.4 Å². The van der Waals surface area contributed by atoms with Gasteiger partial charge < -0.3 is 0 Å². The standard InChI is InChI=1S/C15H9BrN2O2/c16-11-5-3-4-10(8-11)14(19)15(20)12-9-17-13-6-1-2-7-18(12)13/h1-9H. The first-order chi connectivity index (χ1) is 9.66. The van der Waals surface area contributed by atoms with Crippen LogP contribution in [0.5, 0.6) is 0 Å². The number of benzene rings is 1. The van der Waals surface area contributed by atoms with E-state index in [1.165, 1.54) is 6.20 Å². The number of Topliss-reactive ketones (excluding diaryl/α,β-unsaturated/α-hetero) is 2. The van der Waals surface area contributed by atoms with Gasteiger partial charge in [-0.1, -0.05) is 34.1 Å². The maximum absolute atomic E-state index is 12.3. The highest BCUT2D eigenvalue weighted by Crippen LogP contribution is 2.15. The summed E-state index contributed by atoms with van der Waals surface area (Å²) in [7, 11) is 0. The van der Waals surface area contributed by atoms with Gasteiger partial charge in [-0.05, 0) is 24.3 Å². The predicted molar refractivity (Wildman–Crippen MR) is 78.0 cm³/mol. The fraction of sp³-hybridized carbons (Fsp3) is 0. The molecule has 0 saturated heterocycles. The van der Waals surface area contributed by atoms with E-state index < -0.39 is 11.6 Å². The number of ketones is 2. The molecule has 3 rings (SSSR count). The zero-order valence-corrected chi connectivity index (χ0v) is 11.9. The smallest absolute Gasteiger partial charge is 0.251 e. The highest BCUT2D eigenvalue weighted by atomic mass is 79.9. The number of halogens is 1. The lowest BCUT2D eigenvalue weighted by molar-refractivity contribution is 0.0813. The van der Waals surface area contributed by atoms with Crippen LogP contribution in [-0.2, 0) is 0 Å². The number of aromatic nitrogens is 2. The van der Waals surface area contributed by atoms with Crippen molar-refractivity contribution in [2.24, 2.45) is 0 Å². The summed E-state index contributed by atoms with van der Waals surface area (Å²) in [6.07, 6.45) is 3.14. The molecule has 0 aliphatic rings. The number of carbonyl (C=O) groups is 2. The van der Waals surface area contributed by atoms with Crippen LogP contribution in [0.15, 0.2) is 59.3 Å². The Kier molecular flexibility index (Phi) is 3.20. The second-order valence-corrected chi connectivity index (χ2v) is 5.16. The second-order valence-electron chi connectivity index (χ2n) is 4.24. The molecule has 4 nitrogen and oxygen atoms in total. The van der Waals surface area contributed by atoms with Crippen LogP contribution in [0, 0.1) is 0 Å². The third-order valence-corrected chi connectivity index (χ3v) is 3.44. The first-order valence-corrected chi connectivity index (χ1v) is 6.73. The number of pyridine rings is 1. The summed E-state index contributed by atoms with van der Waals surface area (Å²) in [5, 5.41) is 0. The van der Waals surface area contributed by atoms with Gasteiger partial charge in [0.25, 0.3) is 5.78 Å². The van der Waals surface area contributed by atoms with Gasteiger partial charge >= 0.3 is 0 Å². The number of carbonyl (C=O) groups excluding carboxylic acids is 2. The maximum Gasteiger partial charge on any atom is 0.251 e. The lowest BCUT2D eigenvalue weighted by atomic mass is 10.1. The SMILES string of the molecule is O=C(C(=O)c1cnc2ccccn12)c1cccc(Br)c1. The van der Waals surface area contributed by atoms with E-state index in [1.807, 2.05) is 6.07 Å². The molecule has 0 N–H and O–H groups in total. The summed E-state index contributed by atoms with van der Waals surface area (Å²) in [5.74, 6) is -1.11. The van der Waals surface area contributed by atoms with Gasteiger partial charge in [0.15, 0.2) is 0 Å². The molecule has 0 spiro atoms. The van der Waals surface area contributed by atoms with Crippen LogP contribution >= 0.6 is 15.9 Å². The second kappa shape index (κ2) is 5.02. The van der Waals surface area contributed by atoms with Gasteiger partial charge in [0.2, 0.25) is 5.78 Å². The Morgan fingerprint density at radius 2 is 1.90 bits per heavy atom. The zero-order chi connectivity index (χ0) is 14.1. The van der Waals surface area contributed by atoms with Crippen LogP contribution in [0.2, 0.25) is 0 Å². The molecule has 0 saturated carbocycles. The van der Waals surface area contributed by atoms with E-state index in [0.29, 0.717) is 11.2 Å². The van der Waals surface area contributed by atoms with Crippen molar-refractivity contribution in [3.63, 3.8) is 0 Å². The largest absolute Gasteiger partial charge is 0.297 e. The summed E-state index contributed by atoms with van der Waals surface area (Å²) < 4.78 is 2.37. The van der Waals surface area contributed by atoms with E-state index in [9.17, 15) is 9.59 Å². The Balaban J connectivity index is 2.02.